The van der Waals surface area contributed by atoms with Crippen molar-refractivity contribution >= 4 is 11.9 Å². The molecule has 0 aliphatic heterocycles. The molecule has 88 valence electrons. The van der Waals surface area contributed by atoms with E-state index in [-0.39, 0.29) is 14.9 Å². The van der Waals surface area contributed by atoms with Gasteiger partial charge in [0.25, 0.3) is 11.9 Å². The van der Waals surface area contributed by atoms with E-state index in [2.05, 4.69) is 7.81 Å². The van der Waals surface area contributed by atoms with Gasteiger partial charge in [-0.15, -0.1) is 0 Å². The molecule has 0 bridgehead atoms. The summed E-state index contributed by atoms with van der Waals surface area (Å²) in [4.78, 5) is 18.0. The largest absolute Gasteiger partial charge is 0.358 e. The predicted molar refractivity (Wildman–Crippen MR) is 44.9 cm³/mol. The maximum absolute atomic E-state index is 9.00. The summed E-state index contributed by atoms with van der Waals surface area (Å²) in [5.74, 6) is -1.67. The summed E-state index contributed by atoms with van der Waals surface area (Å²) in [5, 5.41) is 14.8. The van der Waals surface area contributed by atoms with Crippen molar-refractivity contribution in [3.05, 3.63) is 14.9 Å². The second-order valence-electron chi connectivity index (χ2n) is 1.04. The van der Waals surface area contributed by atoms with Crippen LogP contribution in [0.15, 0.2) is 0 Å². The van der Waals surface area contributed by atoms with Crippen LogP contribution < -0.4 is 0 Å². The van der Waals surface area contributed by atoms with E-state index in [1.165, 1.54) is 0 Å². The molecule has 0 aromatic carbocycles. The second-order valence-corrected chi connectivity index (χ2v) is 1.04. The Morgan fingerprint density at radius 3 is 1.07 bits per heavy atom. The van der Waals surface area contributed by atoms with E-state index in [9.17, 15) is 0 Å². The maximum Gasteiger partial charge on any atom is -0.358 e. The molecule has 0 amide bonds. The Morgan fingerprint density at radius 2 is 1.07 bits per heavy atom. The van der Waals surface area contributed by atoms with Crippen LogP contribution in [0.3, 0.4) is 0 Å². The van der Waals surface area contributed by atoms with E-state index in [1.807, 2.05) is 0 Å². The van der Waals surface area contributed by atoms with E-state index in [1.54, 1.807) is 0 Å². The molecule has 0 aromatic rings. The van der Waals surface area contributed by atoms with Crippen LogP contribution in [0.4, 0.5) is 0 Å². The zero-order valence-corrected chi connectivity index (χ0v) is 14.3. The number of hydrogen-bond acceptors (Lipinski definition) is 4. The Kier molecular flexibility index (Phi) is 88.4. The van der Waals surface area contributed by atoms with Gasteiger partial charge < -0.3 is 25.1 Å². The summed E-state index contributed by atoms with van der Waals surface area (Å²) in [6.07, 6.45) is 0. The molecule has 8 heteroatoms. The third-order valence-corrected chi connectivity index (χ3v) is 0. The molecule has 0 atom stereocenters. The van der Waals surface area contributed by atoms with Crippen molar-refractivity contribution in [1.82, 2.24) is 0 Å². The Bertz CT molecular complexity index is 147. The molecule has 0 saturated carbocycles. The average Bonchev–Trinajstić information content (AvgIpc) is 1.85. The molecule has 0 spiro atoms. The minimum Gasteiger partial charge on any atom is -0.358 e. The SMILES string of the molecule is CC(=O)O.CC(=O)O.[3H][N]=[W].[3H][N]=[W].[CH3-].[CH3-]. The molecule has 0 rings (SSSR count). The third kappa shape index (κ3) is 204000. The molecule has 0 heterocycles. The minimum atomic E-state index is -0.833. The average molecular weight is 552 g/mol. The summed E-state index contributed by atoms with van der Waals surface area (Å²) < 4.78 is 17.4. The van der Waals surface area contributed by atoms with Crippen LogP contribution in [-0.2, 0) is 48.9 Å². The van der Waals surface area contributed by atoms with Crippen molar-refractivity contribution in [2.24, 2.45) is 0 Å². The Hall–Kier alpha value is -0.0834. The van der Waals surface area contributed by atoms with E-state index in [0.717, 1.165) is 53.1 Å². The fourth-order valence-corrected chi connectivity index (χ4v) is 0. The normalized spacial score (nSPS) is 5.57. The van der Waals surface area contributed by atoms with Crippen LogP contribution in [0, 0.1) is 22.7 Å². The van der Waals surface area contributed by atoms with Gasteiger partial charge in [-0.3, -0.25) is 9.59 Å². The molecular weight excluding hydrogens is 532 g/mol. The Labute approximate surface area is 110 Å². The molecule has 0 unspecified atom stereocenters. The van der Waals surface area contributed by atoms with Crippen LogP contribution in [-0.4, -0.2) is 22.2 Å². The number of rotatable bonds is 0. The molecule has 0 aliphatic carbocycles. The number of nitrogens with one attached hydrogen (secondary N) is 2. The van der Waals surface area contributed by atoms with E-state index in [4.69, 9.17) is 22.6 Å². The monoisotopic (exact) mass is 552 g/mol. The summed E-state index contributed by atoms with van der Waals surface area (Å²) in [6, 6.07) is 0. The van der Waals surface area contributed by atoms with Gasteiger partial charge in [-0.2, -0.15) is 0 Å². The van der Waals surface area contributed by atoms with Crippen molar-refractivity contribution < 1.29 is 61.9 Å². The predicted octanol–water partition coefficient (Wildman–Crippen LogP) is 1.67. The molecule has 6 nitrogen and oxygen atoms in total. The fraction of sp³-hybridized carbons (Fsp3) is 0.333. The van der Waals surface area contributed by atoms with Crippen molar-refractivity contribution in [2.75, 3.05) is 0 Å². The second kappa shape index (κ2) is 52.4. The van der Waals surface area contributed by atoms with Crippen LogP contribution in [0.25, 0.3) is 0 Å². The van der Waals surface area contributed by atoms with Crippen LogP contribution in [0.1, 0.15) is 13.8 Å². The van der Waals surface area contributed by atoms with Crippen LogP contribution in [0.2, 0.25) is 2.82 Å². The summed E-state index contributed by atoms with van der Waals surface area (Å²) in [6.45, 7) is 2.17. The summed E-state index contributed by atoms with van der Waals surface area (Å²) >= 11 is 1.93. The molecule has 0 aromatic heterocycles. The van der Waals surface area contributed by atoms with Gasteiger partial charge in [0, 0.05) is 13.8 Å². The first-order valence-electron chi connectivity index (χ1n) is 3.12. The van der Waals surface area contributed by atoms with Crippen molar-refractivity contribution in [2.45, 2.75) is 13.8 Å². The maximum atomic E-state index is 9.00. The smallest absolute Gasteiger partial charge is 0.358 e. The number of carboxylic acid groups (broad SMARTS) is 2. The molecule has 0 aliphatic rings. The van der Waals surface area contributed by atoms with Crippen molar-refractivity contribution in [3.8, 4) is 0 Å². The molecule has 14 heavy (non-hydrogen) atoms. The van der Waals surface area contributed by atoms with Gasteiger partial charge >= 0.3 is 49.9 Å². The molecule has 4 N–H and O–H groups in total. The number of carboxylic acids is 2. The van der Waals surface area contributed by atoms with Gasteiger partial charge in [0.2, 0.25) is 0 Å². The van der Waals surface area contributed by atoms with Gasteiger partial charge in [-0.05, 0) is 0 Å². The molecule has 0 saturated heterocycles. The first-order valence-corrected chi connectivity index (χ1v) is 4.84. The van der Waals surface area contributed by atoms with E-state index in [0.29, 0.717) is 0 Å². The van der Waals surface area contributed by atoms with Gasteiger partial charge in [0.05, 0.1) is 0 Å². The first-order chi connectivity index (χ1) is 6.29. The van der Waals surface area contributed by atoms with E-state index < -0.39 is 11.9 Å². The first kappa shape index (κ1) is 23.6. The molecule has 0 fully saturated rings. The standard InChI is InChI=1S/2C2H4O2.2CH3.2HN.2W/c2*1-2(3)4;;;;;;/h2*1H3,(H,3,4);2*1H3;2*1H;;/q;;2*-1;;;;/i;;;;2*1T;;. The van der Waals surface area contributed by atoms with Crippen molar-refractivity contribution in [1.29, 1.82) is 7.81 Å². The summed E-state index contributed by atoms with van der Waals surface area (Å²) in [5.41, 5.74) is 0. The van der Waals surface area contributed by atoms with Gasteiger partial charge in [-0.25, -0.2) is 0 Å². The molecular formula is C6H16N2O4W2-2. The van der Waals surface area contributed by atoms with Crippen molar-refractivity contribution in [3.63, 3.8) is 0 Å². The molecule has 0 radical (unpaired) electrons. The summed E-state index contributed by atoms with van der Waals surface area (Å²) in [7, 11) is 0. The Balaban J connectivity index is -0.0000000202. The number of hydrogen-bond donors (Lipinski definition) is 4. The van der Waals surface area contributed by atoms with Gasteiger partial charge in [0.1, 0.15) is 0 Å². The Morgan fingerprint density at radius 1 is 1.07 bits per heavy atom. The van der Waals surface area contributed by atoms with Gasteiger partial charge in [0.15, 0.2) is 0 Å². The minimum absolute atomic E-state index is 0. The van der Waals surface area contributed by atoms with E-state index >= 15 is 0 Å². The number of aliphatic carboxylic acids is 2. The van der Waals surface area contributed by atoms with Gasteiger partial charge in [-0.1, -0.05) is 0 Å². The zero-order chi connectivity index (χ0) is 12.6. The third-order valence-electron chi connectivity index (χ3n) is 0. The zero-order valence-electron chi connectivity index (χ0n) is 10.4. The fourth-order valence-electron chi connectivity index (χ4n) is 0. The van der Waals surface area contributed by atoms with Crippen LogP contribution >= 0.6 is 0 Å². The quantitative estimate of drug-likeness (QED) is 0.342. The van der Waals surface area contributed by atoms with Crippen LogP contribution in [0.5, 0.6) is 0 Å². The number of carbonyl (C=O) groups is 2. The topological polar surface area (TPSA) is 122 Å².